The molecule has 2 N–H and O–H groups in total. The van der Waals surface area contributed by atoms with Crippen molar-refractivity contribution in [2.75, 3.05) is 0 Å². The minimum absolute atomic E-state index is 0.100. The fourth-order valence-electron chi connectivity index (χ4n) is 4.71. The quantitative estimate of drug-likeness (QED) is 0.840. The second kappa shape index (κ2) is 4.79. The third kappa shape index (κ3) is 2.43. The molecule has 104 valence electrons. The minimum Gasteiger partial charge on any atom is -0.325 e. The average molecular weight is 278 g/mol. The summed E-state index contributed by atoms with van der Waals surface area (Å²) in [5, 5.41) is 0.854. The Balaban J connectivity index is 2.01. The van der Waals surface area contributed by atoms with Gasteiger partial charge in [-0.15, -0.1) is 0 Å². The Morgan fingerprint density at radius 1 is 1.11 bits per heavy atom. The van der Waals surface area contributed by atoms with E-state index in [1.54, 1.807) is 0 Å². The summed E-state index contributed by atoms with van der Waals surface area (Å²) >= 11 is 6.20. The molecule has 1 aromatic carbocycles. The molecule has 2 heteroatoms. The maximum Gasteiger partial charge on any atom is 0.0408 e. The van der Waals surface area contributed by atoms with Crippen LogP contribution in [0.2, 0.25) is 5.02 Å². The molecule has 3 aliphatic carbocycles. The molecule has 2 bridgehead atoms. The van der Waals surface area contributed by atoms with Gasteiger partial charge in [0.1, 0.15) is 0 Å². The first kappa shape index (κ1) is 13.5. The molecular weight excluding hydrogens is 254 g/mol. The summed E-state index contributed by atoms with van der Waals surface area (Å²) in [5.41, 5.74) is 7.84. The van der Waals surface area contributed by atoms with Gasteiger partial charge in [0.25, 0.3) is 0 Å². The van der Waals surface area contributed by atoms with Gasteiger partial charge in [-0.25, -0.2) is 0 Å². The molecule has 0 aliphatic heterocycles. The maximum atomic E-state index is 6.53. The van der Waals surface area contributed by atoms with Crippen LogP contribution in [0, 0.1) is 17.8 Å². The van der Waals surface area contributed by atoms with Crippen LogP contribution in [0.3, 0.4) is 0 Å². The highest BCUT2D eigenvalue weighted by molar-refractivity contribution is 6.30. The first-order chi connectivity index (χ1) is 8.97. The Bertz CT molecular complexity index is 455. The highest BCUT2D eigenvalue weighted by atomic mass is 35.5. The Labute approximate surface area is 121 Å². The van der Waals surface area contributed by atoms with Crippen LogP contribution in [0.5, 0.6) is 0 Å². The van der Waals surface area contributed by atoms with Crippen LogP contribution in [0.1, 0.15) is 51.0 Å². The standard InChI is InChI=1S/C17H24ClN/c1-17(2,19)16-12-8-6-11(7-9-12)15(16)13-4-3-5-14(18)10-13/h3-5,10-12,15-16H,6-9,19H2,1-2H3. The monoisotopic (exact) mass is 277 g/mol. The molecule has 0 saturated heterocycles. The number of nitrogens with two attached hydrogens (primary N) is 1. The summed E-state index contributed by atoms with van der Waals surface area (Å²) < 4.78 is 0. The number of benzene rings is 1. The van der Waals surface area contributed by atoms with E-state index < -0.39 is 0 Å². The van der Waals surface area contributed by atoms with E-state index in [1.165, 1.54) is 31.2 Å². The fourth-order valence-corrected chi connectivity index (χ4v) is 4.91. The highest BCUT2D eigenvalue weighted by Crippen LogP contribution is 2.56. The second-order valence-corrected chi connectivity index (χ2v) is 7.54. The van der Waals surface area contributed by atoms with E-state index in [0.717, 1.165) is 16.9 Å². The van der Waals surface area contributed by atoms with E-state index >= 15 is 0 Å². The zero-order chi connectivity index (χ0) is 13.6. The van der Waals surface area contributed by atoms with Crippen molar-refractivity contribution >= 4 is 11.6 Å². The topological polar surface area (TPSA) is 26.0 Å². The molecule has 3 saturated carbocycles. The van der Waals surface area contributed by atoms with E-state index in [1.807, 2.05) is 6.07 Å². The molecular formula is C17H24ClN. The molecule has 0 amide bonds. The molecule has 3 aliphatic rings. The lowest BCUT2D eigenvalue weighted by Crippen LogP contribution is -2.53. The number of halogens is 1. The van der Waals surface area contributed by atoms with Gasteiger partial charge < -0.3 is 5.73 Å². The van der Waals surface area contributed by atoms with Gasteiger partial charge in [0, 0.05) is 10.6 Å². The van der Waals surface area contributed by atoms with Gasteiger partial charge in [-0.1, -0.05) is 23.7 Å². The van der Waals surface area contributed by atoms with Gasteiger partial charge >= 0.3 is 0 Å². The molecule has 0 radical (unpaired) electrons. The first-order valence-corrected chi connectivity index (χ1v) is 7.89. The molecule has 1 nitrogen and oxygen atoms in total. The summed E-state index contributed by atoms with van der Waals surface area (Å²) in [6, 6.07) is 8.46. The molecule has 19 heavy (non-hydrogen) atoms. The lowest BCUT2D eigenvalue weighted by molar-refractivity contribution is 0.0264. The van der Waals surface area contributed by atoms with Gasteiger partial charge in [0.2, 0.25) is 0 Å². The van der Waals surface area contributed by atoms with E-state index in [2.05, 4.69) is 32.0 Å². The molecule has 0 spiro atoms. The van der Waals surface area contributed by atoms with Crippen LogP contribution in [0.4, 0.5) is 0 Å². The number of hydrogen-bond acceptors (Lipinski definition) is 1. The van der Waals surface area contributed by atoms with Crippen molar-refractivity contribution < 1.29 is 0 Å². The molecule has 2 atom stereocenters. The molecule has 1 aromatic rings. The minimum atomic E-state index is -0.100. The summed E-state index contributed by atoms with van der Waals surface area (Å²) in [5.74, 6) is 2.80. The van der Waals surface area contributed by atoms with Crippen molar-refractivity contribution in [2.24, 2.45) is 23.5 Å². The van der Waals surface area contributed by atoms with Crippen molar-refractivity contribution in [1.29, 1.82) is 0 Å². The Kier molecular flexibility index (Phi) is 3.39. The van der Waals surface area contributed by atoms with E-state index in [-0.39, 0.29) is 5.54 Å². The van der Waals surface area contributed by atoms with Crippen LogP contribution in [-0.2, 0) is 0 Å². The Hall–Kier alpha value is -0.530. The molecule has 0 aromatic heterocycles. The number of rotatable bonds is 2. The fraction of sp³-hybridized carbons (Fsp3) is 0.647. The zero-order valence-corrected chi connectivity index (χ0v) is 12.7. The molecule has 0 heterocycles. The van der Waals surface area contributed by atoms with Crippen molar-refractivity contribution in [3.05, 3.63) is 34.9 Å². The third-order valence-corrected chi connectivity index (χ3v) is 5.55. The first-order valence-electron chi connectivity index (χ1n) is 7.51. The molecule has 4 rings (SSSR count). The summed E-state index contributed by atoms with van der Waals surface area (Å²) in [7, 11) is 0. The maximum absolute atomic E-state index is 6.53. The van der Waals surface area contributed by atoms with Gasteiger partial charge in [0.05, 0.1) is 0 Å². The molecule has 2 unspecified atom stereocenters. The lowest BCUT2D eigenvalue weighted by Gasteiger charge is -2.54. The SMILES string of the molecule is CC(C)(N)C1C2CCC(CC2)C1c1cccc(Cl)c1. The van der Waals surface area contributed by atoms with E-state index in [0.29, 0.717) is 11.8 Å². The third-order valence-electron chi connectivity index (χ3n) is 5.31. The van der Waals surface area contributed by atoms with Gasteiger partial charge in [0.15, 0.2) is 0 Å². The summed E-state index contributed by atoms with van der Waals surface area (Å²) in [6.45, 7) is 4.41. The predicted octanol–water partition coefficient (Wildman–Crippen LogP) is 4.60. The smallest absolute Gasteiger partial charge is 0.0408 e. The van der Waals surface area contributed by atoms with E-state index in [4.69, 9.17) is 17.3 Å². The van der Waals surface area contributed by atoms with Crippen LogP contribution in [0.25, 0.3) is 0 Å². The van der Waals surface area contributed by atoms with Crippen molar-refractivity contribution in [3.8, 4) is 0 Å². The molecule has 3 fully saturated rings. The van der Waals surface area contributed by atoms with E-state index in [9.17, 15) is 0 Å². The van der Waals surface area contributed by atoms with Crippen LogP contribution in [0.15, 0.2) is 24.3 Å². The Morgan fingerprint density at radius 2 is 1.74 bits per heavy atom. The van der Waals surface area contributed by atoms with Crippen LogP contribution in [-0.4, -0.2) is 5.54 Å². The highest BCUT2D eigenvalue weighted by Gasteiger charge is 2.48. The predicted molar refractivity (Wildman–Crippen MR) is 81.4 cm³/mol. The Morgan fingerprint density at radius 3 is 2.32 bits per heavy atom. The van der Waals surface area contributed by atoms with Gasteiger partial charge in [-0.3, -0.25) is 0 Å². The van der Waals surface area contributed by atoms with Crippen molar-refractivity contribution in [1.82, 2.24) is 0 Å². The van der Waals surface area contributed by atoms with Crippen LogP contribution >= 0.6 is 11.6 Å². The lowest BCUT2D eigenvalue weighted by atomic mass is 9.52. The number of fused-ring (bicyclic) bond motifs is 3. The average Bonchev–Trinajstić information content (AvgIpc) is 2.38. The van der Waals surface area contributed by atoms with Gasteiger partial charge in [-0.05, 0) is 80.9 Å². The van der Waals surface area contributed by atoms with Crippen molar-refractivity contribution in [2.45, 2.75) is 51.0 Å². The summed E-state index contributed by atoms with van der Waals surface area (Å²) in [6.07, 6.45) is 5.48. The normalized spacial score (nSPS) is 34.5. The second-order valence-electron chi connectivity index (χ2n) is 7.10. The van der Waals surface area contributed by atoms with Gasteiger partial charge in [-0.2, -0.15) is 0 Å². The largest absolute Gasteiger partial charge is 0.325 e. The van der Waals surface area contributed by atoms with Crippen LogP contribution < -0.4 is 5.73 Å². The van der Waals surface area contributed by atoms with Crippen molar-refractivity contribution in [3.63, 3.8) is 0 Å². The zero-order valence-electron chi connectivity index (χ0n) is 11.9. The number of hydrogen-bond donors (Lipinski definition) is 1. The summed E-state index contributed by atoms with van der Waals surface area (Å²) in [4.78, 5) is 0.